The number of benzene rings is 1. The molecule has 3 rings (SSSR count). The van der Waals surface area contributed by atoms with E-state index in [0.717, 1.165) is 0 Å². The van der Waals surface area contributed by atoms with Gasteiger partial charge in [0.25, 0.3) is 5.91 Å². The summed E-state index contributed by atoms with van der Waals surface area (Å²) < 4.78 is 19.9. The second-order valence-electron chi connectivity index (χ2n) is 4.79. The maximum atomic E-state index is 13.0. The van der Waals surface area contributed by atoms with E-state index < -0.39 is 5.82 Å². The Labute approximate surface area is 141 Å². The van der Waals surface area contributed by atoms with Gasteiger partial charge in [0, 0.05) is 6.20 Å². The van der Waals surface area contributed by atoms with Crippen molar-refractivity contribution in [1.82, 2.24) is 14.8 Å². The lowest BCUT2D eigenvalue weighted by Crippen LogP contribution is -2.13. The van der Waals surface area contributed by atoms with Gasteiger partial charge in [0.05, 0.1) is 23.1 Å². The number of pyridine rings is 1. The predicted octanol–water partition coefficient (Wildman–Crippen LogP) is 3.36. The Kier molecular flexibility index (Phi) is 4.72. The van der Waals surface area contributed by atoms with E-state index in [2.05, 4.69) is 15.4 Å². The number of nitrogens with zero attached hydrogens (tertiary/aromatic N) is 3. The lowest BCUT2D eigenvalue weighted by Gasteiger charge is -2.07. The summed E-state index contributed by atoms with van der Waals surface area (Å²) in [6.45, 7) is 0.0603. The fourth-order valence-corrected chi connectivity index (χ4v) is 2.14. The Hall–Kier alpha value is -2.93. The van der Waals surface area contributed by atoms with Crippen LogP contribution in [0.4, 0.5) is 10.1 Å². The molecule has 0 spiro atoms. The van der Waals surface area contributed by atoms with Crippen molar-refractivity contribution in [2.45, 2.75) is 6.73 Å². The smallest absolute Gasteiger partial charge is 0.274 e. The first-order valence-corrected chi connectivity index (χ1v) is 7.32. The van der Waals surface area contributed by atoms with Crippen LogP contribution in [0.25, 0.3) is 0 Å². The van der Waals surface area contributed by atoms with Gasteiger partial charge in [-0.1, -0.05) is 17.7 Å². The molecule has 0 saturated heterocycles. The summed E-state index contributed by atoms with van der Waals surface area (Å²) in [6.07, 6.45) is 4.62. The Balaban J connectivity index is 1.60. The van der Waals surface area contributed by atoms with Crippen LogP contribution in [0.15, 0.2) is 55.0 Å². The van der Waals surface area contributed by atoms with Crippen molar-refractivity contribution in [1.29, 1.82) is 0 Å². The van der Waals surface area contributed by atoms with E-state index in [0.29, 0.717) is 17.1 Å². The molecule has 6 nitrogen and oxygen atoms in total. The first-order chi connectivity index (χ1) is 11.6. The van der Waals surface area contributed by atoms with Crippen LogP contribution in [-0.2, 0) is 6.73 Å². The monoisotopic (exact) mass is 346 g/mol. The molecule has 0 saturated carbocycles. The number of halogens is 2. The number of hydrogen-bond donors (Lipinski definition) is 1. The number of nitrogens with one attached hydrogen (secondary N) is 1. The minimum Gasteiger partial charge on any atom is -0.470 e. The van der Waals surface area contributed by atoms with Crippen LogP contribution in [-0.4, -0.2) is 20.7 Å². The summed E-state index contributed by atoms with van der Waals surface area (Å²) in [5, 5.41) is 6.92. The second kappa shape index (κ2) is 7.10. The molecule has 3 aromatic rings. The van der Waals surface area contributed by atoms with E-state index in [1.54, 1.807) is 30.6 Å². The normalized spacial score (nSPS) is 10.4. The van der Waals surface area contributed by atoms with Crippen molar-refractivity contribution in [3.8, 4) is 5.75 Å². The molecule has 0 bridgehead atoms. The minimum absolute atomic E-state index is 0.0603. The molecule has 0 fully saturated rings. The summed E-state index contributed by atoms with van der Waals surface area (Å²) in [7, 11) is 0. The van der Waals surface area contributed by atoms with Crippen molar-refractivity contribution in [3.63, 3.8) is 0 Å². The number of anilines is 1. The van der Waals surface area contributed by atoms with E-state index in [-0.39, 0.29) is 17.7 Å². The van der Waals surface area contributed by atoms with Crippen molar-refractivity contribution < 1.29 is 13.9 Å². The largest absolute Gasteiger partial charge is 0.470 e. The fraction of sp³-hybridized carbons (Fsp3) is 0.0625. The number of amides is 1. The highest BCUT2D eigenvalue weighted by Crippen LogP contribution is 2.25. The van der Waals surface area contributed by atoms with Crippen LogP contribution in [0.2, 0.25) is 5.02 Å². The summed E-state index contributed by atoms with van der Waals surface area (Å²) in [5.41, 5.74) is 0.805. The Bertz CT molecular complexity index is 854. The number of rotatable bonds is 5. The van der Waals surface area contributed by atoms with Crippen molar-refractivity contribution in [3.05, 3.63) is 71.5 Å². The van der Waals surface area contributed by atoms with Crippen LogP contribution >= 0.6 is 11.6 Å². The van der Waals surface area contributed by atoms with Gasteiger partial charge in [-0.15, -0.1) is 0 Å². The van der Waals surface area contributed by atoms with Crippen molar-refractivity contribution in [2.24, 2.45) is 0 Å². The number of carbonyl (C=O) groups is 1. The Morgan fingerprint density at radius 1 is 1.33 bits per heavy atom. The number of aromatic nitrogens is 3. The molecule has 122 valence electrons. The average Bonchev–Trinajstić information content (AvgIpc) is 3.02. The molecule has 1 aromatic carbocycles. The van der Waals surface area contributed by atoms with Gasteiger partial charge in [-0.3, -0.25) is 9.78 Å². The highest BCUT2D eigenvalue weighted by molar-refractivity contribution is 6.32. The Morgan fingerprint density at radius 3 is 2.96 bits per heavy atom. The van der Waals surface area contributed by atoms with Gasteiger partial charge in [-0.2, -0.15) is 5.10 Å². The zero-order valence-electron chi connectivity index (χ0n) is 12.3. The quantitative estimate of drug-likeness (QED) is 0.769. The maximum Gasteiger partial charge on any atom is 0.274 e. The molecule has 8 heteroatoms. The SMILES string of the molecule is O=C(Nc1cnn(COc2ccc(F)cc2Cl)c1)c1ccccn1. The van der Waals surface area contributed by atoms with Gasteiger partial charge < -0.3 is 10.1 Å². The summed E-state index contributed by atoms with van der Waals surface area (Å²) in [5.74, 6) is -0.434. The highest BCUT2D eigenvalue weighted by atomic mass is 35.5. The van der Waals surface area contributed by atoms with E-state index >= 15 is 0 Å². The molecular weight excluding hydrogens is 335 g/mol. The summed E-state index contributed by atoms with van der Waals surface area (Å²) in [6, 6.07) is 8.92. The summed E-state index contributed by atoms with van der Waals surface area (Å²) >= 11 is 5.88. The fourth-order valence-electron chi connectivity index (χ4n) is 1.92. The third kappa shape index (κ3) is 3.88. The van der Waals surface area contributed by atoms with Crippen LogP contribution in [0.1, 0.15) is 10.5 Å². The molecule has 2 heterocycles. The molecule has 0 radical (unpaired) electrons. The zero-order valence-corrected chi connectivity index (χ0v) is 13.1. The average molecular weight is 347 g/mol. The predicted molar refractivity (Wildman–Crippen MR) is 86.5 cm³/mol. The topological polar surface area (TPSA) is 69.0 Å². The molecule has 1 amide bonds. The lowest BCUT2D eigenvalue weighted by atomic mass is 10.3. The third-order valence-electron chi connectivity index (χ3n) is 3.03. The number of hydrogen-bond acceptors (Lipinski definition) is 4. The van der Waals surface area contributed by atoms with Gasteiger partial charge in [-0.05, 0) is 30.3 Å². The molecule has 0 aliphatic carbocycles. The van der Waals surface area contributed by atoms with Gasteiger partial charge in [0.15, 0.2) is 6.73 Å². The highest BCUT2D eigenvalue weighted by Gasteiger charge is 2.09. The molecule has 2 aromatic heterocycles. The standard InChI is InChI=1S/C16H12ClFN4O2/c17-13-7-11(18)4-5-15(13)24-10-22-9-12(8-20-22)21-16(23)14-3-1-2-6-19-14/h1-9H,10H2,(H,21,23). The van der Waals surface area contributed by atoms with Gasteiger partial charge in [-0.25, -0.2) is 9.07 Å². The van der Waals surface area contributed by atoms with Crippen molar-refractivity contribution in [2.75, 3.05) is 5.32 Å². The first kappa shape index (κ1) is 15.9. The lowest BCUT2D eigenvalue weighted by molar-refractivity contribution is 0.102. The van der Waals surface area contributed by atoms with Crippen LogP contribution < -0.4 is 10.1 Å². The van der Waals surface area contributed by atoms with Crippen molar-refractivity contribution >= 4 is 23.2 Å². The van der Waals surface area contributed by atoms with Gasteiger partial charge in [0.1, 0.15) is 17.3 Å². The number of ether oxygens (including phenoxy) is 1. The molecule has 0 aliphatic rings. The van der Waals surface area contributed by atoms with Crippen LogP contribution in [0.5, 0.6) is 5.75 Å². The van der Waals surface area contributed by atoms with E-state index in [1.165, 1.54) is 29.1 Å². The molecule has 0 unspecified atom stereocenters. The Morgan fingerprint density at radius 2 is 2.21 bits per heavy atom. The molecule has 0 atom stereocenters. The zero-order chi connectivity index (χ0) is 16.9. The molecule has 24 heavy (non-hydrogen) atoms. The first-order valence-electron chi connectivity index (χ1n) is 6.94. The number of carbonyl (C=O) groups excluding carboxylic acids is 1. The van der Waals surface area contributed by atoms with Gasteiger partial charge in [0.2, 0.25) is 0 Å². The molecule has 0 aliphatic heterocycles. The van der Waals surface area contributed by atoms with E-state index in [9.17, 15) is 9.18 Å². The molecule has 1 N–H and O–H groups in total. The maximum absolute atomic E-state index is 13.0. The molecular formula is C16H12ClFN4O2. The summed E-state index contributed by atoms with van der Waals surface area (Å²) in [4.78, 5) is 15.9. The third-order valence-corrected chi connectivity index (χ3v) is 3.33. The van der Waals surface area contributed by atoms with E-state index in [1.807, 2.05) is 0 Å². The van der Waals surface area contributed by atoms with Crippen LogP contribution in [0.3, 0.4) is 0 Å². The van der Waals surface area contributed by atoms with Crippen LogP contribution in [0, 0.1) is 5.82 Å². The second-order valence-corrected chi connectivity index (χ2v) is 5.19. The van der Waals surface area contributed by atoms with E-state index in [4.69, 9.17) is 16.3 Å². The minimum atomic E-state index is -0.439. The van der Waals surface area contributed by atoms with Gasteiger partial charge >= 0.3 is 0 Å².